The molecule has 3 saturated carbocycles. The van der Waals surface area contributed by atoms with Crippen molar-refractivity contribution in [3.8, 4) is 0 Å². The van der Waals surface area contributed by atoms with E-state index in [4.69, 9.17) is 8.74 Å². The van der Waals surface area contributed by atoms with Gasteiger partial charge in [-0.1, -0.05) is 32.4 Å². The summed E-state index contributed by atoms with van der Waals surface area (Å²) in [4.78, 5) is 0. The molecule has 0 aromatic carbocycles. The van der Waals surface area contributed by atoms with Crippen LogP contribution in [0.5, 0.6) is 0 Å². The van der Waals surface area contributed by atoms with Crippen LogP contribution in [0.3, 0.4) is 0 Å². The Morgan fingerprint density at radius 2 is 1.94 bits per heavy atom. The second-order valence-corrected chi connectivity index (χ2v) is 13.1. The highest BCUT2D eigenvalue weighted by atomic mass is 32.2. The maximum absolute atomic E-state index is 11.1. The van der Waals surface area contributed by atoms with Crippen molar-refractivity contribution in [1.82, 2.24) is 0 Å². The molecule has 9 atom stereocenters. The van der Waals surface area contributed by atoms with E-state index in [1.807, 2.05) is 13.8 Å². The van der Waals surface area contributed by atoms with Crippen LogP contribution < -0.4 is 0 Å². The van der Waals surface area contributed by atoms with Gasteiger partial charge in [0.15, 0.2) is 0 Å². The minimum absolute atomic E-state index is 0.108. The van der Waals surface area contributed by atoms with E-state index in [0.29, 0.717) is 11.3 Å². The van der Waals surface area contributed by atoms with Crippen LogP contribution in [0.2, 0.25) is 0 Å². The second kappa shape index (κ2) is 8.52. The van der Waals surface area contributed by atoms with Gasteiger partial charge < -0.3 is 5.11 Å². The zero-order valence-electron chi connectivity index (χ0n) is 20.2. The first-order valence-electron chi connectivity index (χ1n) is 12.6. The summed E-state index contributed by atoms with van der Waals surface area (Å²) in [6.45, 7) is 11.4. The van der Waals surface area contributed by atoms with Crippen molar-refractivity contribution in [2.24, 2.45) is 40.4 Å². The summed E-state index contributed by atoms with van der Waals surface area (Å²) in [5.74, 6) is 3.80. The molecular formula is C26H44O4S. The molecule has 9 unspecified atom stereocenters. The van der Waals surface area contributed by atoms with Crippen LogP contribution in [0.4, 0.5) is 0 Å². The SMILES string of the molecule is CC(CCC(C)(C)O)C1CCC2C3CC=C4CC(OS(=O)O)CCC4(C)C3CCC12C. The van der Waals surface area contributed by atoms with Gasteiger partial charge in [-0.25, -0.2) is 0 Å². The quantitative estimate of drug-likeness (QED) is 0.368. The molecule has 31 heavy (non-hydrogen) atoms. The highest BCUT2D eigenvalue weighted by Crippen LogP contribution is 2.67. The van der Waals surface area contributed by atoms with Crippen molar-refractivity contribution in [3.05, 3.63) is 11.6 Å². The molecular weight excluding hydrogens is 408 g/mol. The summed E-state index contributed by atoms with van der Waals surface area (Å²) >= 11 is -2.17. The zero-order valence-corrected chi connectivity index (χ0v) is 21.0. The minimum Gasteiger partial charge on any atom is -0.390 e. The Morgan fingerprint density at radius 1 is 1.19 bits per heavy atom. The number of aliphatic hydroxyl groups is 1. The summed E-state index contributed by atoms with van der Waals surface area (Å²) < 4.78 is 25.6. The van der Waals surface area contributed by atoms with Crippen LogP contribution in [-0.4, -0.2) is 25.6 Å². The molecule has 0 aliphatic heterocycles. The zero-order chi connectivity index (χ0) is 22.6. The lowest BCUT2D eigenvalue weighted by Crippen LogP contribution is -2.51. The van der Waals surface area contributed by atoms with Gasteiger partial charge in [-0.3, -0.25) is 8.74 Å². The highest BCUT2D eigenvalue weighted by molar-refractivity contribution is 7.74. The van der Waals surface area contributed by atoms with E-state index in [9.17, 15) is 9.32 Å². The molecule has 0 spiro atoms. The van der Waals surface area contributed by atoms with Crippen molar-refractivity contribution in [2.75, 3.05) is 0 Å². The summed E-state index contributed by atoms with van der Waals surface area (Å²) in [6.07, 6.45) is 13.7. The average Bonchev–Trinajstić information content (AvgIpc) is 3.03. The normalized spacial score (nSPS) is 44.6. The third-order valence-electron chi connectivity index (χ3n) is 10.2. The molecule has 0 amide bonds. The van der Waals surface area contributed by atoms with Crippen LogP contribution in [-0.2, 0) is 15.5 Å². The summed E-state index contributed by atoms with van der Waals surface area (Å²) in [5, 5.41) is 10.2. The van der Waals surface area contributed by atoms with Gasteiger partial charge in [-0.15, -0.1) is 0 Å². The molecule has 178 valence electrons. The van der Waals surface area contributed by atoms with Crippen LogP contribution >= 0.6 is 0 Å². The van der Waals surface area contributed by atoms with Crippen molar-refractivity contribution in [2.45, 2.75) is 111 Å². The van der Waals surface area contributed by atoms with Gasteiger partial charge in [0.1, 0.15) is 0 Å². The van der Waals surface area contributed by atoms with Crippen molar-refractivity contribution in [1.29, 1.82) is 0 Å². The predicted octanol–water partition coefficient (Wildman–Crippen LogP) is 6.27. The van der Waals surface area contributed by atoms with Gasteiger partial charge in [-0.2, -0.15) is 4.21 Å². The Hall–Kier alpha value is -0.230. The fraction of sp³-hybridized carbons (Fsp3) is 0.923. The molecule has 0 heterocycles. The van der Waals surface area contributed by atoms with Crippen molar-refractivity contribution >= 4 is 11.4 Å². The Labute approximate surface area is 192 Å². The van der Waals surface area contributed by atoms with Crippen molar-refractivity contribution in [3.63, 3.8) is 0 Å². The lowest BCUT2D eigenvalue weighted by Gasteiger charge is -2.58. The van der Waals surface area contributed by atoms with E-state index in [-0.39, 0.29) is 11.5 Å². The number of allylic oxidation sites excluding steroid dienone is 1. The van der Waals surface area contributed by atoms with Crippen molar-refractivity contribution < 1.29 is 18.1 Å². The van der Waals surface area contributed by atoms with Gasteiger partial charge in [-0.05, 0) is 118 Å². The van der Waals surface area contributed by atoms with E-state index >= 15 is 0 Å². The van der Waals surface area contributed by atoms with E-state index in [0.717, 1.165) is 55.8 Å². The largest absolute Gasteiger partial charge is 0.390 e. The van der Waals surface area contributed by atoms with Crippen LogP contribution in [0.1, 0.15) is 98.8 Å². The molecule has 3 fully saturated rings. The standard InChI is InChI=1S/C26H44O4S/c1-17(10-13-24(2,3)27)21-8-9-22-20-7-6-18-16-19(30-31(28)29)11-14-25(18,4)23(20)12-15-26(21,22)5/h6,17,19-23,27H,7-16H2,1-5H3,(H,28,29). The Balaban J connectivity index is 1.49. The van der Waals surface area contributed by atoms with Gasteiger partial charge >= 0.3 is 11.4 Å². The molecule has 2 N–H and O–H groups in total. The first-order chi connectivity index (χ1) is 14.4. The Bertz CT molecular complexity index is 727. The van der Waals surface area contributed by atoms with E-state index in [1.54, 1.807) is 0 Å². The third-order valence-corrected chi connectivity index (χ3v) is 10.7. The Morgan fingerprint density at radius 3 is 2.61 bits per heavy atom. The number of hydrogen-bond acceptors (Lipinski definition) is 3. The van der Waals surface area contributed by atoms with Gasteiger partial charge in [0, 0.05) is 0 Å². The van der Waals surface area contributed by atoms with Gasteiger partial charge in [0.05, 0.1) is 11.7 Å². The number of rotatable bonds is 6. The smallest absolute Gasteiger partial charge is 0.302 e. The molecule has 0 radical (unpaired) electrons. The molecule has 0 saturated heterocycles. The first kappa shape index (κ1) is 23.9. The lowest BCUT2D eigenvalue weighted by atomic mass is 9.47. The van der Waals surface area contributed by atoms with E-state index < -0.39 is 17.0 Å². The van der Waals surface area contributed by atoms with Crippen LogP contribution in [0, 0.1) is 40.4 Å². The molecule has 0 aromatic rings. The monoisotopic (exact) mass is 452 g/mol. The summed E-state index contributed by atoms with van der Waals surface area (Å²) in [7, 11) is 0. The fourth-order valence-electron chi connectivity index (χ4n) is 8.58. The summed E-state index contributed by atoms with van der Waals surface area (Å²) in [5.41, 5.74) is 1.61. The number of hydrogen-bond donors (Lipinski definition) is 2. The van der Waals surface area contributed by atoms with Crippen LogP contribution in [0.15, 0.2) is 11.6 Å². The van der Waals surface area contributed by atoms with E-state index in [1.165, 1.54) is 37.7 Å². The maximum Gasteiger partial charge on any atom is 0.302 e. The average molecular weight is 453 g/mol. The highest BCUT2D eigenvalue weighted by Gasteiger charge is 2.59. The van der Waals surface area contributed by atoms with Gasteiger partial charge in [0.2, 0.25) is 0 Å². The Kier molecular flexibility index (Phi) is 6.57. The lowest BCUT2D eigenvalue weighted by molar-refractivity contribution is -0.0570. The number of fused-ring (bicyclic) bond motifs is 5. The maximum atomic E-state index is 11.1. The van der Waals surface area contributed by atoms with E-state index in [2.05, 4.69) is 26.8 Å². The molecule has 4 rings (SSSR count). The molecule has 4 nitrogen and oxygen atoms in total. The molecule has 4 aliphatic carbocycles. The molecule has 5 heteroatoms. The summed E-state index contributed by atoms with van der Waals surface area (Å²) in [6, 6.07) is 0. The molecule has 4 aliphatic rings. The van der Waals surface area contributed by atoms with Gasteiger partial charge in [0.25, 0.3) is 0 Å². The fourth-order valence-corrected chi connectivity index (χ4v) is 8.98. The molecule has 0 aromatic heterocycles. The predicted molar refractivity (Wildman–Crippen MR) is 126 cm³/mol. The van der Waals surface area contributed by atoms with Crippen LogP contribution in [0.25, 0.3) is 0 Å². The molecule has 0 bridgehead atoms. The topological polar surface area (TPSA) is 66.8 Å². The first-order valence-corrected chi connectivity index (χ1v) is 13.7. The second-order valence-electron chi connectivity index (χ2n) is 12.5. The minimum atomic E-state index is -2.17. The third kappa shape index (κ3) is 4.46.